The number of aromatic nitrogens is 4. The van der Waals surface area contributed by atoms with E-state index in [4.69, 9.17) is 5.11 Å². The molecule has 0 saturated heterocycles. The smallest absolute Gasteiger partial charge is 0.356 e. The molecule has 1 N–H and O–H groups in total. The summed E-state index contributed by atoms with van der Waals surface area (Å²) < 4.78 is 1.51. The molecule has 0 atom stereocenters. The summed E-state index contributed by atoms with van der Waals surface area (Å²) in [6, 6.07) is 0. The van der Waals surface area contributed by atoms with Crippen LogP contribution in [0.2, 0.25) is 0 Å². The van der Waals surface area contributed by atoms with Crippen LogP contribution >= 0.6 is 0 Å². The summed E-state index contributed by atoms with van der Waals surface area (Å²) >= 11 is 0. The molecule has 0 aliphatic carbocycles. The summed E-state index contributed by atoms with van der Waals surface area (Å²) in [5.74, 6) is -0.362. The van der Waals surface area contributed by atoms with Gasteiger partial charge in [0.05, 0.1) is 0 Å². The Bertz CT molecular complexity index is 574. The van der Waals surface area contributed by atoms with Gasteiger partial charge in [0, 0.05) is 12.0 Å². The fourth-order valence-corrected chi connectivity index (χ4v) is 1.59. The van der Waals surface area contributed by atoms with Crippen LogP contribution in [0, 0.1) is 13.8 Å². The summed E-state index contributed by atoms with van der Waals surface area (Å²) in [6.07, 6.45) is 0.662. The number of carboxylic acids is 1. The zero-order valence-corrected chi connectivity index (χ0v) is 9.35. The predicted octanol–water partition coefficient (Wildman–Crippen LogP) is 1.00. The van der Waals surface area contributed by atoms with Gasteiger partial charge in [0.1, 0.15) is 0 Å². The second-order valence-electron chi connectivity index (χ2n) is 3.61. The number of carbonyl (C=O) groups is 1. The van der Waals surface area contributed by atoms with Gasteiger partial charge < -0.3 is 5.11 Å². The molecular formula is C10H12N4O2. The lowest BCUT2D eigenvalue weighted by Gasteiger charge is -2.05. The maximum Gasteiger partial charge on any atom is 0.356 e. The first-order chi connectivity index (χ1) is 7.56. The van der Waals surface area contributed by atoms with E-state index in [9.17, 15) is 4.79 Å². The molecule has 0 fully saturated rings. The minimum atomic E-state index is -1.03. The molecule has 16 heavy (non-hydrogen) atoms. The van der Waals surface area contributed by atoms with E-state index < -0.39 is 5.97 Å². The summed E-state index contributed by atoms with van der Waals surface area (Å²) in [7, 11) is 0. The lowest BCUT2D eigenvalue weighted by Crippen LogP contribution is -2.11. The number of nitrogens with zero attached hydrogens (tertiary/aromatic N) is 4. The molecule has 84 valence electrons. The SMILES string of the molecule is CCc1nnc2c(C)c(C)c(C(=O)O)nn12. The van der Waals surface area contributed by atoms with Gasteiger partial charge >= 0.3 is 5.97 Å². The monoisotopic (exact) mass is 220 g/mol. The third-order valence-corrected chi connectivity index (χ3v) is 2.68. The highest BCUT2D eigenvalue weighted by molar-refractivity contribution is 5.87. The minimum absolute atomic E-state index is 0.0551. The Balaban J connectivity index is 2.86. The molecular weight excluding hydrogens is 208 g/mol. The van der Waals surface area contributed by atoms with Gasteiger partial charge in [-0.2, -0.15) is 9.61 Å². The second kappa shape index (κ2) is 3.55. The van der Waals surface area contributed by atoms with E-state index in [2.05, 4.69) is 15.3 Å². The Hall–Kier alpha value is -1.98. The van der Waals surface area contributed by atoms with Crippen molar-refractivity contribution >= 4 is 11.6 Å². The van der Waals surface area contributed by atoms with E-state index >= 15 is 0 Å². The van der Waals surface area contributed by atoms with Gasteiger partial charge in [0.2, 0.25) is 0 Å². The zero-order valence-electron chi connectivity index (χ0n) is 9.35. The van der Waals surface area contributed by atoms with Crippen molar-refractivity contribution in [1.29, 1.82) is 0 Å². The molecule has 0 saturated carbocycles. The van der Waals surface area contributed by atoms with Crippen LogP contribution < -0.4 is 0 Å². The molecule has 0 unspecified atom stereocenters. The van der Waals surface area contributed by atoms with E-state index in [-0.39, 0.29) is 5.69 Å². The van der Waals surface area contributed by atoms with Gasteiger partial charge in [-0.15, -0.1) is 10.2 Å². The molecule has 0 amide bonds. The molecule has 2 aromatic heterocycles. The number of carboxylic acid groups (broad SMARTS) is 1. The quantitative estimate of drug-likeness (QED) is 0.816. The summed E-state index contributed by atoms with van der Waals surface area (Å²) in [4.78, 5) is 11.0. The molecule has 2 heterocycles. The standard InChI is InChI=1S/C10H12N4O2/c1-4-7-11-12-9-6(3)5(2)8(10(15)16)13-14(7)9/h4H2,1-3H3,(H,15,16). The molecule has 2 rings (SSSR count). The highest BCUT2D eigenvalue weighted by atomic mass is 16.4. The van der Waals surface area contributed by atoms with Crippen molar-refractivity contribution in [3.8, 4) is 0 Å². The maximum absolute atomic E-state index is 11.0. The predicted molar refractivity (Wildman–Crippen MR) is 56.6 cm³/mol. The molecule has 0 spiro atoms. The summed E-state index contributed by atoms with van der Waals surface area (Å²) in [5.41, 5.74) is 2.12. The third-order valence-electron chi connectivity index (χ3n) is 2.68. The lowest BCUT2D eigenvalue weighted by molar-refractivity contribution is 0.0687. The average Bonchev–Trinajstić information content (AvgIpc) is 2.65. The van der Waals surface area contributed by atoms with Crippen LogP contribution in [-0.4, -0.2) is 30.9 Å². The van der Waals surface area contributed by atoms with Crippen molar-refractivity contribution in [2.24, 2.45) is 0 Å². The number of hydrogen-bond donors (Lipinski definition) is 1. The fraction of sp³-hybridized carbons (Fsp3) is 0.400. The topological polar surface area (TPSA) is 80.4 Å². The van der Waals surface area contributed by atoms with Crippen molar-refractivity contribution in [2.45, 2.75) is 27.2 Å². The first kappa shape index (κ1) is 10.5. The Morgan fingerprint density at radius 2 is 2.00 bits per heavy atom. The Kier molecular flexibility index (Phi) is 2.34. The zero-order chi connectivity index (χ0) is 11.9. The Morgan fingerprint density at radius 3 is 2.56 bits per heavy atom. The molecule has 2 aromatic rings. The van der Waals surface area contributed by atoms with Crippen molar-refractivity contribution < 1.29 is 9.90 Å². The summed E-state index contributed by atoms with van der Waals surface area (Å²) in [6.45, 7) is 5.48. The van der Waals surface area contributed by atoms with Gasteiger partial charge in [-0.1, -0.05) is 6.92 Å². The molecule has 0 aromatic carbocycles. The number of rotatable bonds is 2. The second-order valence-corrected chi connectivity index (χ2v) is 3.61. The van der Waals surface area contributed by atoms with Crippen LogP contribution in [0.5, 0.6) is 0 Å². The van der Waals surface area contributed by atoms with Crippen LogP contribution in [0.1, 0.15) is 34.4 Å². The first-order valence-corrected chi connectivity index (χ1v) is 5.01. The van der Waals surface area contributed by atoms with Crippen LogP contribution in [-0.2, 0) is 6.42 Å². The summed E-state index contributed by atoms with van der Waals surface area (Å²) in [5, 5.41) is 21.1. The van der Waals surface area contributed by atoms with Crippen molar-refractivity contribution in [1.82, 2.24) is 19.8 Å². The van der Waals surface area contributed by atoms with Gasteiger partial charge in [0.15, 0.2) is 17.2 Å². The van der Waals surface area contributed by atoms with Crippen LogP contribution in [0.15, 0.2) is 0 Å². The Morgan fingerprint density at radius 1 is 1.31 bits per heavy atom. The lowest BCUT2D eigenvalue weighted by atomic mass is 10.1. The van der Waals surface area contributed by atoms with Crippen molar-refractivity contribution in [3.05, 3.63) is 22.6 Å². The minimum Gasteiger partial charge on any atom is -0.476 e. The van der Waals surface area contributed by atoms with Crippen molar-refractivity contribution in [2.75, 3.05) is 0 Å². The molecule has 0 aliphatic heterocycles. The van der Waals surface area contributed by atoms with Crippen LogP contribution in [0.3, 0.4) is 0 Å². The van der Waals surface area contributed by atoms with Crippen LogP contribution in [0.4, 0.5) is 0 Å². The van der Waals surface area contributed by atoms with Gasteiger partial charge in [-0.05, 0) is 19.4 Å². The molecule has 0 radical (unpaired) electrons. The van der Waals surface area contributed by atoms with E-state index in [0.29, 0.717) is 23.5 Å². The first-order valence-electron chi connectivity index (χ1n) is 5.01. The molecule has 6 nitrogen and oxygen atoms in total. The molecule has 0 bridgehead atoms. The Labute approximate surface area is 91.9 Å². The number of aromatic carboxylic acids is 1. The average molecular weight is 220 g/mol. The number of aryl methyl sites for hydroxylation is 2. The van der Waals surface area contributed by atoms with Gasteiger partial charge in [-0.3, -0.25) is 0 Å². The highest BCUT2D eigenvalue weighted by Crippen LogP contribution is 2.16. The number of fused-ring (bicyclic) bond motifs is 1. The molecule has 6 heteroatoms. The van der Waals surface area contributed by atoms with Gasteiger partial charge in [-0.25, -0.2) is 4.79 Å². The highest BCUT2D eigenvalue weighted by Gasteiger charge is 2.17. The van der Waals surface area contributed by atoms with E-state index in [1.165, 1.54) is 4.52 Å². The van der Waals surface area contributed by atoms with E-state index in [1.54, 1.807) is 6.92 Å². The maximum atomic E-state index is 11.0. The van der Waals surface area contributed by atoms with E-state index in [0.717, 1.165) is 5.56 Å². The molecule has 0 aliphatic rings. The van der Waals surface area contributed by atoms with Gasteiger partial charge in [0.25, 0.3) is 0 Å². The third kappa shape index (κ3) is 1.34. The number of hydrogen-bond acceptors (Lipinski definition) is 4. The normalized spacial score (nSPS) is 10.9. The van der Waals surface area contributed by atoms with E-state index in [1.807, 2.05) is 13.8 Å². The fourth-order valence-electron chi connectivity index (χ4n) is 1.59. The largest absolute Gasteiger partial charge is 0.476 e. The van der Waals surface area contributed by atoms with Crippen LogP contribution in [0.25, 0.3) is 5.65 Å². The van der Waals surface area contributed by atoms with Crippen molar-refractivity contribution in [3.63, 3.8) is 0 Å².